The highest BCUT2D eigenvalue weighted by atomic mass is 16.5. The minimum absolute atomic E-state index is 0.0454. The maximum Gasteiger partial charge on any atom is 0.337 e. The van der Waals surface area contributed by atoms with Gasteiger partial charge in [0.25, 0.3) is 0 Å². The highest BCUT2D eigenvalue weighted by molar-refractivity contribution is 5.94. The first kappa shape index (κ1) is 23.1. The van der Waals surface area contributed by atoms with Crippen molar-refractivity contribution in [1.29, 1.82) is 5.26 Å². The SMILES string of the molecule is Cc1cc([C@@H](C)Nc2ccccc2C(=O)O)c2nc(N3CC(C)OC(C4CC4)C3)c(C#N)nc2c1. The fourth-order valence-electron chi connectivity index (χ4n) is 4.94. The third kappa shape index (κ3) is 4.64. The summed E-state index contributed by atoms with van der Waals surface area (Å²) in [4.78, 5) is 23.6. The largest absolute Gasteiger partial charge is 0.478 e. The number of rotatable bonds is 6. The maximum atomic E-state index is 11.7. The molecule has 1 saturated carbocycles. The van der Waals surface area contributed by atoms with E-state index in [0.29, 0.717) is 47.2 Å². The molecule has 1 aliphatic carbocycles. The lowest BCUT2D eigenvalue weighted by Gasteiger charge is -2.38. The van der Waals surface area contributed by atoms with E-state index in [9.17, 15) is 15.2 Å². The van der Waals surface area contributed by atoms with Gasteiger partial charge < -0.3 is 20.1 Å². The lowest BCUT2D eigenvalue weighted by atomic mass is 10.0. The van der Waals surface area contributed by atoms with Gasteiger partial charge in [-0.25, -0.2) is 14.8 Å². The Morgan fingerprint density at radius 2 is 2.03 bits per heavy atom. The lowest BCUT2D eigenvalue weighted by Crippen LogP contribution is -2.48. The number of anilines is 2. The van der Waals surface area contributed by atoms with Crippen LogP contribution in [0.2, 0.25) is 0 Å². The van der Waals surface area contributed by atoms with E-state index in [1.807, 2.05) is 32.0 Å². The van der Waals surface area contributed by atoms with Gasteiger partial charge in [-0.3, -0.25) is 0 Å². The number of aromatic carboxylic acids is 1. The molecule has 5 rings (SSSR count). The summed E-state index contributed by atoms with van der Waals surface area (Å²) in [5.74, 6) is 0.182. The van der Waals surface area contributed by atoms with E-state index >= 15 is 0 Å². The van der Waals surface area contributed by atoms with Crippen LogP contribution in [0.1, 0.15) is 59.9 Å². The van der Waals surface area contributed by atoms with Gasteiger partial charge in [0.05, 0.1) is 34.8 Å². The summed E-state index contributed by atoms with van der Waals surface area (Å²) in [6.07, 6.45) is 2.56. The second kappa shape index (κ2) is 9.16. The molecule has 180 valence electrons. The van der Waals surface area contributed by atoms with Crippen molar-refractivity contribution in [2.24, 2.45) is 5.92 Å². The minimum atomic E-state index is -0.984. The van der Waals surface area contributed by atoms with Crippen LogP contribution in [-0.2, 0) is 4.74 Å². The Kier molecular flexibility index (Phi) is 6.03. The van der Waals surface area contributed by atoms with Crippen LogP contribution in [-0.4, -0.2) is 46.3 Å². The summed E-state index contributed by atoms with van der Waals surface area (Å²) in [5, 5.41) is 22.8. The van der Waals surface area contributed by atoms with Gasteiger partial charge in [0.2, 0.25) is 0 Å². The number of morpholine rings is 1. The number of hydrogen-bond donors (Lipinski definition) is 2. The van der Waals surface area contributed by atoms with Gasteiger partial charge in [-0.1, -0.05) is 18.2 Å². The fraction of sp³-hybridized carbons (Fsp3) is 0.407. The monoisotopic (exact) mass is 471 g/mol. The van der Waals surface area contributed by atoms with E-state index < -0.39 is 5.97 Å². The third-order valence-electron chi connectivity index (χ3n) is 6.76. The van der Waals surface area contributed by atoms with Crippen molar-refractivity contribution in [3.05, 3.63) is 58.8 Å². The van der Waals surface area contributed by atoms with Crippen LogP contribution >= 0.6 is 0 Å². The number of carboxylic acids is 1. The molecule has 8 heteroatoms. The van der Waals surface area contributed by atoms with Crippen molar-refractivity contribution >= 4 is 28.5 Å². The highest BCUT2D eigenvalue weighted by Crippen LogP contribution is 2.38. The molecule has 2 unspecified atom stereocenters. The molecule has 2 N–H and O–H groups in total. The van der Waals surface area contributed by atoms with E-state index in [2.05, 4.69) is 23.2 Å². The van der Waals surface area contributed by atoms with Crippen molar-refractivity contribution in [2.45, 2.75) is 51.9 Å². The number of benzene rings is 2. The minimum Gasteiger partial charge on any atom is -0.478 e. The topological polar surface area (TPSA) is 111 Å². The molecule has 8 nitrogen and oxygen atoms in total. The van der Waals surface area contributed by atoms with Crippen LogP contribution in [0.25, 0.3) is 11.0 Å². The van der Waals surface area contributed by atoms with Gasteiger partial charge in [-0.2, -0.15) is 5.26 Å². The van der Waals surface area contributed by atoms with Crippen molar-refractivity contribution in [3.8, 4) is 6.07 Å². The molecule has 0 amide bonds. The van der Waals surface area contributed by atoms with Crippen LogP contribution < -0.4 is 10.2 Å². The van der Waals surface area contributed by atoms with E-state index in [4.69, 9.17) is 14.7 Å². The molecular formula is C27H29N5O3. The molecule has 1 aliphatic heterocycles. The van der Waals surface area contributed by atoms with Gasteiger partial charge >= 0.3 is 5.97 Å². The quantitative estimate of drug-likeness (QED) is 0.533. The fourth-order valence-corrected chi connectivity index (χ4v) is 4.94. The molecule has 2 fully saturated rings. The van der Waals surface area contributed by atoms with E-state index in [0.717, 1.165) is 11.1 Å². The number of carboxylic acid groups (broad SMARTS) is 1. The average Bonchev–Trinajstić information content (AvgIpc) is 3.68. The van der Waals surface area contributed by atoms with Crippen LogP contribution in [0.4, 0.5) is 11.5 Å². The molecule has 0 radical (unpaired) electrons. The third-order valence-corrected chi connectivity index (χ3v) is 6.76. The normalized spacial score (nSPS) is 20.9. The van der Waals surface area contributed by atoms with Crippen molar-refractivity contribution < 1.29 is 14.6 Å². The number of nitrogens with one attached hydrogen (secondary N) is 1. The Bertz CT molecular complexity index is 1330. The second-order valence-electron chi connectivity index (χ2n) is 9.67. The first-order valence-corrected chi connectivity index (χ1v) is 12.1. The molecular weight excluding hydrogens is 442 g/mol. The number of ether oxygens (including phenoxy) is 1. The average molecular weight is 472 g/mol. The molecule has 2 aromatic carbocycles. The molecule has 2 heterocycles. The Hall–Kier alpha value is -3.70. The molecule has 2 aliphatic rings. The van der Waals surface area contributed by atoms with Gasteiger partial charge in [0.1, 0.15) is 6.07 Å². The highest BCUT2D eigenvalue weighted by Gasteiger charge is 2.38. The van der Waals surface area contributed by atoms with Crippen LogP contribution in [0, 0.1) is 24.2 Å². The van der Waals surface area contributed by atoms with Crippen molar-refractivity contribution in [3.63, 3.8) is 0 Å². The first-order valence-electron chi connectivity index (χ1n) is 12.1. The van der Waals surface area contributed by atoms with Gasteiger partial charge in [0.15, 0.2) is 11.5 Å². The summed E-state index contributed by atoms with van der Waals surface area (Å²) in [5.41, 5.74) is 4.32. The standard InChI is InChI=1S/C27H29N5O3/c1-15-10-20(17(3)29-21-7-5-4-6-19(21)27(33)34)25-22(11-15)30-23(12-28)26(31-25)32-13-16(2)35-24(14-32)18-8-9-18/h4-7,10-11,16-18,24,29H,8-9,13-14H2,1-3H3,(H,33,34)/t16?,17-,24?/m1/s1. The second-order valence-corrected chi connectivity index (χ2v) is 9.67. The van der Waals surface area contributed by atoms with E-state index in [1.54, 1.807) is 18.2 Å². The summed E-state index contributed by atoms with van der Waals surface area (Å²) in [6, 6.07) is 12.8. The summed E-state index contributed by atoms with van der Waals surface area (Å²) < 4.78 is 6.17. The zero-order chi connectivity index (χ0) is 24.7. The smallest absolute Gasteiger partial charge is 0.337 e. The molecule has 0 spiro atoms. The lowest BCUT2D eigenvalue weighted by molar-refractivity contribution is -0.0273. The summed E-state index contributed by atoms with van der Waals surface area (Å²) in [7, 11) is 0. The Balaban J connectivity index is 1.56. The molecule has 1 aromatic heterocycles. The zero-order valence-corrected chi connectivity index (χ0v) is 20.2. The van der Waals surface area contributed by atoms with Gasteiger partial charge in [0, 0.05) is 24.3 Å². The molecule has 35 heavy (non-hydrogen) atoms. The Labute approximate surface area is 204 Å². The number of aromatic nitrogens is 2. The summed E-state index contributed by atoms with van der Waals surface area (Å²) in [6.45, 7) is 7.37. The number of nitriles is 1. The number of hydrogen-bond acceptors (Lipinski definition) is 7. The van der Waals surface area contributed by atoms with Crippen molar-refractivity contribution in [2.75, 3.05) is 23.3 Å². The van der Waals surface area contributed by atoms with Crippen LogP contribution in [0.15, 0.2) is 36.4 Å². The predicted octanol–water partition coefficient (Wildman–Crippen LogP) is 4.68. The van der Waals surface area contributed by atoms with Crippen LogP contribution in [0.5, 0.6) is 0 Å². The number of carbonyl (C=O) groups is 1. The number of para-hydroxylation sites is 1. The van der Waals surface area contributed by atoms with Gasteiger partial charge in [-0.05, 0) is 63.3 Å². The molecule has 0 bridgehead atoms. The van der Waals surface area contributed by atoms with Crippen molar-refractivity contribution in [1.82, 2.24) is 9.97 Å². The van der Waals surface area contributed by atoms with Crippen LogP contribution in [0.3, 0.4) is 0 Å². The number of aryl methyl sites for hydroxylation is 1. The zero-order valence-electron chi connectivity index (χ0n) is 20.2. The van der Waals surface area contributed by atoms with E-state index in [1.165, 1.54) is 12.8 Å². The molecule has 3 aromatic rings. The first-order chi connectivity index (χ1) is 16.8. The predicted molar refractivity (Wildman–Crippen MR) is 134 cm³/mol. The number of fused-ring (bicyclic) bond motifs is 1. The maximum absolute atomic E-state index is 11.7. The Morgan fingerprint density at radius 1 is 1.26 bits per heavy atom. The number of nitrogens with zero attached hydrogens (tertiary/aromatic N) is 4. The summed E-state index contributed by atoms with van der Waals surface area (Å²) >= 11 is 0. The Morgan fingerprint density at radius 3 is 2.74 bits per heavy atom. The van der Waals surface area contributed by atoms with Gasteiger partial charge in [-0.15, -0.1) is 0 Å². The molecule has 1 saturated heterocycles. The van der Waals surface area contributed by atoms with E-state index in [-0.39, 0.29) is 23.8 Å². The molecule has 3 atom stereocenters.